The van der Waals surface area contributed by atoms with Gasteiger partial charge in [0.05, 0.1) is 18.7 Å². The summed E-state index contributed by atoms with van der Waals surface area (Å²) in [7, 11) is 0. The van der Waals surface area contributed by atoms with Crippen molar-refractivity contribution in [3.63, 3.8) is 0 Å². The molecule has 1 fully saturated rings. The number of ether oxygens (including phenoxy) is 1. The van der Waals surface area contributed by atoms with Crippen molar-refractivity contribution in [3.05, 3.63) is 5.82 Å². The van der Waals surface area contributed by atoms with E-state index in [0.717, 1.165) is 44.8 Å². The van der Waals surface area contributed by atoms with Crippen LogP contribution >= 0.6 is 0 Å². The molecule has 0 atom stereocenters. The average Bonchev–Trinajstić information content (AvgIpc) is 2.71. The summed E-state index contributed by atoms with van der Waals surface area (Å²) in [5.74, 6) is 0.929. The molecule has 1 saturated carbocycles. The van der Waals surface area contributed by atoms with E-state index in [-0.39, 0.29) is 0 Å². The van der Waals surface area contributed by atoms with Gasteiger partial charge in [0, 0.05) is 6.61 Å². The van der Waals surface area contributed by atoms with Gasteiger partial charge in [0.15, 0.2) is 5.82 Å². The number of nitrogens with zero attached hydrogens (tertiary/aromatic N) is 4. The second kappa shape index (κ2) is 6.07. The number of nitrogens with one attached hydrogen (secondary N) is 1. The van der Waals surface area contributed by atoms with E-state index in [2.05, 4.69) is 27.8 Å². The van der Waals surface area contributed by atoms with E-state index in [1.165, 1.54) is 0 Å². The molecule has 0 radical (unpaired) electrons. The van der Waals surface area contributed by atoms with Crippen LogP contribution in [0.25, 0.3) is 0 Å². The Hall–Kier alpha value is -1.01. The molecular weight excluding hydrogens is 218 g/mol. The van der Waals surface area contributed by atoms with Crippen molar-refractivity contribution in [1.82, 2.24) is 25.5 Å². The Labute approximate surface area is 102 Å². The van der Waals surface area contributed by atoms with Gasteiger partial charge in [0.2, 0.25) is 0 Å². The third-order valence-corrected chi connectivity index (χ3v) is 3.09. The summed E-state index contributed by atoms with van der Waals surface area (Å²) in [5.41, 5.74) is 0. The molecule has 1 aliphatic rings. The number of aromatic nitrogens is 4. The lowest BCUT2D eigenvalue weighted by atomic mass is 9.89. The van der Waals surface area contributed by atoms with Crippen LogP contribution in [0.15, 0.2) is 0 Å². The van der Waals surface area contributed by atoms with Gasteiger partial charge in [-0.3, -0.25) is 0 Å². The lowest BCUT2D eigenvalue weighted by Crippen LogP contribution is -2.35. The van der Waals surface area contributed by atoms with E-state index in [0.29, 0.717) is 12.1 Å². The van der Waals surface area contributed by atoms with Gasteiger partial charge in [0.1, 0.15) is 0 Å². The quantitative estimate of drug-likeness (QED) is 0.717. The molecule has 1 aliphatic carbocycles. The number of rotatable bonds is 7. The summed E-state index contributed by atoms with van der Waals surface area (Å²) in [5, 5.41) is 15.2. The minimum atomic E-state index is 0.394. The smallest absolute Gasteiger partial charge is 0.165 e. The van der Waals surface area contributed by atoms with Crippen LogP contribution in [0, 0.1) is 0 Å². The largest absolute Gasteiger partial charge is 0.378 e. The molecule has 17 heavy (non-hydrogen) atoms. The second-order valence-corrected chi connectivity index (χ2v) is 4.42. The van der Waals surface area contributed by atoms with Crippen molar-refractivity contribution in [3.8, 4) is 0 Å². The van der Waals surface area contributed by atoms with Crippen LogP contribution in [0.5, 0.6) is 0 Å². The van der Waals surface area contributed by atoms with E-state index in [9.17, 15) is 0 Å². The zero-order valence-electron chi connectivity index (χ0n) is 10.6. The van der Waals surface area contributed by atoms with Crippen molar-refractivity contribution in [2.45, 2.75) is 51.8 Å². The Morgan fingerprint density at radius 2 is 2.24 bits per heavy atom. The first kappa shape index (κ1) is 12.4. The standard InChI is InChI=1S/C11H21N5O/c1-3-5-12-8-11-13-14-15-16(11)9-6-10(7-9)17-4-2/h9-10,12H,3-8H2,1-2H3. The Kier molecular flexibility index (Phi) is 4.44. The summed E-state index contributed by atoms with van der Waals surface area (Å²) in [4.78, 5) is 0. The number of tetrazole rings is 1. The van der Waals surface area contributed by atoms with E-state index < -0.39 is 0 Å². The molecule has 0 saturated heterocycles. The molecule has 0 spiro atoms. The van der Waals surface area contributed by atoms with Crippen molar-refractivity contribution >= 4 is 0 Å². The highest BCUT2D eigenvalue weighted by atomic mass is 16.5. The second-order valence-electron chi connectivity index (χ2n) is 4.42. The highest BCUT2D eigenvalue weighted by Crippen LogP contribution is 2.34. The fraction of sp³-hybridized carbons (Fsp3) is 0.909. The van der Waals surface area contributed by atoms with Gasteiger partial charge in [-0.25, -0.2) is 4.68 Å². The third kappa shape index (κ3) is 3.01. The van der Waals surface area contributed by atoms with Gasteiger partial charge >= 0.3 is 0 Å². The first-order valence-electron chi connectivity index (χ1n) is 6.44. The van der Waals surface area contributed by atoms with Crippen molar-refractivity contribution in [2.75, 3.05) is 13.2 Å². The van der Waals surface area contributed by atoms with Crippen LogP contribution in [-0.2, 0) is 11.3 Å². The Morgan fingerprint density at radius 3 is 2.94 bits per heavy atom. The number of hydrogen-bond acceptors (Lipinski definition) is 5. The van der Waals surface area contributed by atoms with Crippen LogP contribution in [-0.4, -0.2) is 39.5 Å². The van der Waals surface area contributed by atoms with Crippen LogP contribution in [0.3, 0.4) is 0 Å². The van der Waals surface area contributed by atoms with Crippen molar-refractivity contribution < 1.29 is 4.74 Å². The summed E-state index contributed by atoms with van der Waals surface area (Å²) in [6, 6.07) is 0.417. The van der Waals surface area contributed by atoms with Gasteiger partial charge in [0.25, 0.3) is 0 Å². The third-order valence-electron chi connectivity index (χ3n) is 3.09. The minimum absolute atomic E-state index is 0.394. The first-order chi connectivity index (χ1) is 8.35. The van der Waals surface area contributed by atoms with Gasteiger partial charge in [-0.1, -0.05) is 6.92 Å². The molecule has 1 N–H and O–H groups in total. The molecule has 6 nitrogen and oxygen atoms in total. The van der Waals surface area contributed by atoms with Crippen LogP contribution in [0.1, 0.15) is 45.0 Å². The fourth-order valence-electron chi connectivity index (χ4n) is 2.10. The first-order valence-corrected chi connectivity index (χ1v) is 6.44. The van der Waals surface area contributed by atoms with Gasteiger partial charge in [-0.2, -0.15) is 0 Å². The maximum atomic E-state index is 5.55. The maximum absolute atomic E-state index is 5.55. The van der Waals surface area contributed by atoms with Crippen molar-refractivity contribution in [2.24, 2.45) is 0 Å². The average molecular weight is 239 g/mol. The Morgan fingerprint density at radius 1 is 1.41 bits per heavy atom. The summed E-state index contributed by atoms with van der Waals surface area (Å²) < 4.78 is 7.49. The summed E-state index contributed by atoms with van der Waals surface area (Å²) >= 11 is 0. The number of hydrogen-bond donors (Lipinski definition) is 1. The molecule has 6 heteroatoms. The highest BCUT2D eigenvalue weighted by molar-refractivity contribution is 4.91. The molecular formula is C11H21N5O. The van der Waals surface area contributed by atoms with Crippen LogP contribution < -0.4 is 5.32 Å². The molecule has 0 aromatic carbocycles. The molecule has 1 aromatic rings. The van der Waals surface area contributed by atoms with Gasteiger partial charge in [-0.15, -0.1) is 5.10 Å². The highest BCUT2D eigenvalue weighted by Gasteiger charge is 2.33. The molecule has 0 amide bonds. The van der Waals surface area contributed by atoms with Gasteiger partial charge < -0.3 is 10.1 Å². The van der Waals surface area contributed by atoms with E-state index in [4.69, 9.17) is 4.74 Å². The SMILES string of the molecule is CCCNCc1nnnn1C1CC(OCC)C1. The summed E-state index contributed by atoms with van der Waals surface area (Å²) in [6.07, 6.45) is 3.57. The predicted octanol–water partition coefficient (Wildman–Crippen LogP) is 0.913. The molecule has 0 unspecified atom stereocenters. The topological polar surface area (TPSA) is 64.9 Å². The molecule has 2 rings (SSSR count). The van der Waals surface area contributed by atoms with E-state index in [1.807, 2.05) is 11.6 Å². The van der Waals surface area contributed by atoms with Crippen LogP contribution in [0.2, 0.25) is 0 Å². The van der Waals surface area contributed by atoms with Crippen LogP contribution in [0.4, 0.5) is 0 Å². The Balaban J connectivity index is 1.83. The molecule has 1 heterocycles. The normalized spacial score (nSPS) is 23.6. The lowest BCUT2D eigenvalue weighted by molar-refractivity contribution is -0.0239. The van der Waals surface area contributed by atoms with E-state index >= 15 is 0 Å². The maximum Gasteiger partial charge on any atom is 0.165 e. The zero-order chi connectivity index (χ0) is 12.1. The molecule has 0 bridgehead atoms. The molecule has 96 valence electrons. The monoisotopic (exact) mass is 239 g/mol. The summed E-state index contributed by atoms with van der Waals surface area (Å²) in [6.45, 7) is 6.71. The molecule has 1 aromatic heterocycles. The minimum Gasteiger partial charge on any atom is -0.378 e. The zero-order valence-corrected chi connectivity index (χ0v) is 10.6. The Bertz CT molecular complexity index is 334. The molecule has 0 aliphatic heterocycles. The van der Waals surface area contributed by atoms with Crippen molar-refractivity contribution in [1.29, 1.82) is 0 Å². The lowest BCUT2D eigenvalue weighted by Gasteiger charge is -2.34. The van der Waals surface area contributed by atoms with Gasteiger partial charge in [-0.05, 0) is 43.2 Å². The predicted molar refractivity (Wildman–Crippen MR) is 63.5 cm³/mol. The fourth-order valence-corrected chi connectivity index (χ4v) is 2.10. The van der Waals surface area contributed by atoms with E-state index in [1.54, 1.807) is 0 Å².